The Labute approximate surface area is 111 Å². The predicted octanol–water partition coefficient (Wildman–Crippen LogP) is 3.21. The molecule has 4 saturated heterocycles. The third kappa shape index (κ3) is 2.02. The predicted molar refractivity (Wildman–Crippen MR) is 72.6 cm³/mol. The second-order valence-corrected chi connectivity index (χ2v) is 7.11. The van der Waals surface area contributed by atoms with E-state index in [1.165, 1.54) is 70.9 Å². The normalized spacial score (nSPS) is 49.0. The Kier molecular flexibility index (Phi) is 3.12. The van der Waals surface area contributed by atoms with Crippen LogP contribution in [0.3, 0.4) is 0 Å². The van der Waals surface area contributed by atoms with Crippen molar-refractivity contribution in [1.29, 1.82) is 0 Å². The third-order valence-electron chi connectivity index (χ3n) is 6.10. The van der Waals surface area contributed by atoms with Crippen molar-refractivity contribution in [2.45, 2.75) is 76.0 Å². The van der Waals surface area contributed by atoms with Crippen molar-refractivity contribution in [1.82, 2.24) is 4.90 Å². The lowest BCUT2D eigenvalue weighted by Gasteiger charge is -2.42. The first-order chi connectivity index (χ1) is 8.90. The van der Waals surface area contributed by atoms with Crippen LogP contribution in [-0.4, -0.2) is 36.2 Å². The van der Waals surface area contributed by atoms with Crippen LogP contribution < -0.4 is 0 Å². The minimum absolute atomic E-state index is 0.641. The van der Waals surface area contributed by atoms with Crippen molar-refractivity contribution in [3.05, 3.63) is 0 Å². The van der Waals surface area contributed by atoms with Gasteiger partial charge in [0.25, 0.3) is 0 Å². The van der Waals surface area contributed by atoms with Gasteiger partial charge in [-0.15, -0.1) is 0 Å². The number of nitrogens with zero attached hydrogens (tertiary/aromatic N) is 1. The molecule has 4 aliphatic heterocycles. The summed E-state index contributed by atoms with van der Waals surface area (Å²) in [5.41, 5.74) is 0. The maximum absolute atomic E-state index is 6.08. The number of hydrogen-bond acceptors (Lipinski definition) is 2. The number of ether oxygens (including phenoxy) is 1. The summed E-state index contributed by atoms with van der Waals surface area (Å²) >= 11 is 0. The minimum Gasteiger partial charge on any atom is -0.375 e. The van der Waals surface area contributed by atoms with Crippen molar-refractivity contribution >= 4 is 0 Å². The van der Waals surface area contributed by atoms with Crippen LogP contribution in [0.1, 0.15) is 57.8 Å². The van der Waals surface area contributed by atoms with Crippen molar-refractivity contribution in [2.24, 2.45) is 11.8 Å². The van der Waals surface area contributed by atoms with Gasteiger partial charge < -0.3 is 9.64 Å². The number of fused-ring (bicyclic) bond motifs is 3. The lowest BCUT2D eigenvalue weighted by molar-refractivity contribution is 0.0435. The van der Waals surface area contributed by atoms with Gasteiger partial charge in [0.15, 0.2) is 0 Å². The molecule has 2 heteroatoms. The highest BCUT2D eigenvalue weighted by molar-refractivity contribution is 4.96. The summed E-state index contributed by atoms with van der Waals surface area (Å²) in [5.74, 6) is 1.86. The molecule has 0 N–H and O–H groups in total. The maximum Gasteiger partial charge on any atom is 0.0612 e. The summed E-state index contributed by atoms with van der Waals surface area (Å²) in [4.78, 5) is 2.84. The van der Waals surface area contributed by atoms with E-state index in [9.17, 15) is 0 Å². The SMILES string of the molecule is C1CCC2CCC(C3CC4CCC3O4)CN2CC1. The summed E-state index contributed by atoms with van der Waals surface area (Å²) in [6, 6.07) is 0.934. The van der Waals surface area contributed by atoms with E-state index in [1.54, 1.807) is 0 Å². The molecule has 4 fully saturated rings. The average molecular weight is 249 g/mol. The first kappa shape index (κ1) is 11.7. The van der Waals surface area contributed by atoms with Crippen LogP contribution >= 0.6 is 0 Å². The second-order valence-electron chi connectivity index (χ2n) is 7.11. The Morgan fingerprint density at radius 3 is 2.72 bits per heavy atom. The van der Waals surface area contributed by atoms with Gasteiger partial charge >= 0.3 is 0 Å². The van der Waals surface area contributed by atoms with Gasteiger partial charge in [-0.25, -0.2) is 0 Å². The summed E-state index contributed by atoms with van der Waals surface area (Å²) in [7, 11) is 0. The fourth-order valence-electron chi connectivity index (χ4n) is 5.13. The largest absolute Gasteiger partial charge is 0.375 e. The van der Waals surface area contributed by atoms with Crippen LogP contribution in [0, 0.1) is 11.8 Å². The van der Waals surface area contributed by atoms with Crippen LogP contribution in [-0.2, 0) is 4.74 Å². The molecule has 2 nitrogen and oxygen atoms in total. The average Bonchev–Trinajstić information content (AvgIpc) is 2.95. The molecule has 18 heavy (non-hydrogen) atoms. The zero-order valence-electron chi connectivity index (χ0n) is 11.5. The molecular weight excluding hydrogens is 222 g/mol. The van der Waals surface area contributed by atoms with E-state index >= 15 is 0 Å². The van der Waals surface area contributed by atoms with Crippen LogP contribution in [0.15, 0.2) is 0 Å². The molecule has 4 heterocycles. The van der Waals surface area contributed by atoms with Gasteiger partial charge in [0.1, 0.15) is 0 Å². The molecule has 0 aliphatic carbocycles. The molecule has 5 unspecified atom stereocenters. The topological polar surface area (TPSA) is 12.5 Å². The summed E-state index contributed by atoms with van der Waals surface area (Å²) in [6.45, 7) is 2.77. The highest BCUT2D eigenvalue weighted by Crippen LogP contribution is 2.45. The quantitative estimate of drug-likeness (QED) is 0.707. The van der Waals surface area contributed by atoms with Gasteiger partial charge in [0, 0.05) is 12.6 Å². The molecule has 0 aromatic heterocycles. The smallest absolute Gasteiger partial charge is 0.0612 e. The van der Waals surface area contributed by atoms with Crippen LogP contribution in [0.25, 0.3) is 0 Å². The van der Waals surface area contributed by atoms with E-state index in [0.29, 0.717) is 12.2 Å². The van der Waals surface area contributed by atoms with E-state index in [-0.39, 0.29) is 0 Å². The van der Waals surface area contributed by atoms with Gasteiger partial charge in [-0.1, -0.05) is 12.8 Å². The maximum atomic E-state index is 6.08. The molecule has 2 bridgehead atoms. The molecule has 0 radical (unpaired) electrons. The number of hydrogen-bond donors (Lipinski definition) is 0. The first-order valence-corrected chi connectivity index (χ1v) is 8.29. The Morgan fingerprint density at radius 2 is 1.89 bits per heavy atom. The van der Waals surface area contributed by atoms with Crippen LogP contribution in [0.5, 0.6) is 0 Å². The van der Waals surface area contributed by atoms with Crippen molar-refractivity contribution in [2.75, 3.05) is 13.1 Å². The Morgan fingerprint density at radius 1 is 0.889 bits per heavy atom. The molecule has 4 rings (SSSR count). The van der Waals surface area contributed by atoms with E-state index < -0.39 is 0 Å². The Bertz CT molecular complexity index is 305. The highest BCUT2D eigenvalue weighted by atomic mass is 16.5. The monoisotopic (exact) mass is 249 g/mol. The van der Waals surface area contributed by atoms with Gasteiger partial charge in [-0.3, -0.25) is 0 Å². The lowest BCUT2D eigenvalue weighted by atomic mass is 9.75. The molecule has 4 aliphatic rings. The van der Waals surface area contributed by atoms with Gasteiger partial charge in [0.2, 0.25) is 0 Å². The zero-order valence-corrected chi connectivity index (χ0v) is 11.5. The fourth-order valence-corrected chi connectivity index (χ4v) is 5.13. The molecule has 0 aromatic carbocycles. The fraction of sp³-hybridized carbons (Fsp3) is 1.00. The number of piperidine rings is 1. The first-order valence-electron chi connectivity index (χ1n) is 8.29. The molecule has 0 saturated carbocycles. The van der Waals surface area contributed by atoms with Gasteiger partial charge in [0.05, 0.1) is 12.2 Å². The minimum atomic E-state index is 0.641. The third-order valence-corrected chi connectivity index (χ3v) is 6.10. The van der Waals surface area contributed by atoms with Gasteiger partial charge in [-0.05, 0) is 63.3 Å². The zero-order chi connectivity index (χ0) is 11.9. The summed E-state index contributed by atoms with van der Waals surface area (Å²) in [6.07, 6.45) is 14.2. The Hall–Kier alpha value is -0.0800. The lowest BCUT2D eigenvalue weighted by Crippen LogP contribution is -2.46. The van der Waals surface area contributed by atoms with Crippen molar-refractivity contribution < 1.29 is 4.74 Å². The van der Waals surface area contributed by atoms with E-state index in [4.69, 9.17) is 4.74 Å². The summed E-state index contributed by atoms with van der Waals surface area (Å²) in [5, 5.41) is 0. The Balaban J connectivity index is 1.42. The summed E-state index contributed by atoms with van der Waals surface area (Å²) < 4.78 is 6.08. The van der Waals surface area contributed by atoms with Gasteiger partial charge in [-0.2, -0.15) is 0 Å². The molecule has 0 amide bonds. The van der Waals surface area contributed by atoms with Crippen LogP contribution in [0.4, 0.5) is 0 Å². The van der Waals surface area contributed by atoms with Crippen molar-refractivity contribution in [3.63, 3.8) is 0 Å². The second kappa shape index (κ2) is 4.79. The van der Waals surface area contributed by atoms with Crippen molar-refractivity contribution in [3.8, 4) is 0 Å². The highest BCUT2D eigenvalue weighted by Gasteiger charge is 2.45. The molecule has 5 atom stereocenters. The molecule has 102 valence electrons. The van der Waals surface area contributed by atoms with Crippen LogP contribution in [0.2, 0.25) is 0 Å². The molecular formula is C16H27NO. The van der Waals surface area contributed by atoms with E-state index in [0.717, 1.165) is 17.9 Å². The molecule has 0 spiro atoms. The van der Waals surface area contributed by atoms with E-state index in [2.05, 4.69) is 4.90 Å². The standard InChI is InChI=1S/C16H27NO/c1-2-4-13-6-5-12(11-17(13)9-3-1)15-10-14-7-8-16(15)18-14/h12-16H,1-11H2. The number of rotatable bonds is 1. The van der Waals surface area contributed by atoms with E-state index in [1.807, 2.05) is 0 Å². The molecule has 0 aromatic rings.